The van der Waals surface area contributed by atoms with Gasteiger partial charge in [-0.15, -0.1) is 0 Å². The molecule has 0 aliphatic heterocycles. The average molecular weight is 799 g/mol. The van der Waals surface area contributed by atoms with Crippen molar-refractivity contribution in [2.24, 2.45) is 31.7 Å². The molecule has 0 atom stereocenters. The molecule has 0 spiro atoms. The maximum atomic E-state index is 11.8. The number of nitrogens with one attached hydrogen (secondary N) is 2. The van der Waals surface area contributed by atoms with Gasteiger partial charge in [0, 0.05) is 33.4 Å². The first-order chi connectivity index (χ1) is 27.0. The molecule has 10 N–H and O–H groups in total. The summed E-state index contributed by atoms with van der Waals surface area (Å²) in [5, 5.41) is 27.9. The molecular formula is C43H42N8O4S2. The molecule has 0 radical (unpaired) electrons. The number of aliphatic imine (C=N–C) groups is 2. The molecule has 0 saturated heterocycles. The molecule has 12 nitrogen and oxygen atoms in total. The van der Waals surface area contributed by atoms with Crippen molar-refractivity contribution in [2.75, 3.05) is 0 Å². The summed E-state index contributed by atoms with van der Waals surface area (Å²) >= 11 is 0. The second kappa shape index (κ2) is 17.5. The van der Waals surface area contributed by atoms with E-state index in [-0.39, 0.29) is 32.9 Å². The van der Waals surface area contributed by atoms with E-state index in [9.17, 15) is 16.8 Å². The van der Waals surface area contributed by atoms with Crippen LogP contribution in [0, 0.1) is 31.6 Å². The van der Waals surface area contributed by atoms with Crippen molar-refractivity contribution < 1.29 is 16.8 Å². The molecule has 6 aromatic carbocycles. The molecule has 6 aromatic rings. The van der Waals surface area contributed by atoms with Crippen LogP contribution >= 0.6 is 0 Å². The first-order valence-corrected chi connectivity index (χ1v) is 20.5. The van der Waals surface area contributed by atoms with E-state index < -0.39 is 20.0 Å². The van der Waals surface area contributed by atoms with Gasteiger partial charge in [-0.25, -0.2) is 37.1 Å². The van der Waals surface area contributed by atoms with E-state index in [4.69, 9.17) is 32.6 Å². The van der Waals surface area contributed by atoms with Crippen LogP contribution in [0.3, 0.4) is 0 Å². The van der Waals surface area contributed by atoms with Crippen LogP contribution in [0.5, 0.6) is 0 Å². The Labute approximate surface area is 332 Å². The van der Waals surface area contributed by atoms with Gasteiger partial charge in [0.25, 0.3) is 0 Å². The number of hydrogen-bond acceptors (Lipinski definition) is 8. The van der Waals surface area contributed by atoms with Gasteiger partial charge in [-0.2, -0.15) is 0 Å². The van der Waals surface area contributed by atoms with Crippen molar-refractivity contribution in [2.45, 2.75) is 30.6 Å². The molecule has 57 heavy (non-hydrogen) atoms. The zero-order chi connectivity index (χ0) is 41.5. The zero-order valence-corrected chi connectivity index (χ0v) is 33.1. The Bertz CT molecular complexity index is 2780. The van der Waals surface area contributed by atoms with Gasteiger partial charge in [-0.1, -0.05) is 109 Å². The highest BCUT2D eigenvalue weighted by Crippen LogP contribution is 2.24. The normalized spacial score (nSPS) is 12.0. The maximum absolute atomic E-state index is 11.8. The summed E-state index contributed by atoms with van der Waals surface area (Å²) in [4.78, 5) is 8.93. The van der Waals surface area contributed by atoms with E-state index >= 15 is 0 Å². The predicted molar refractivity (Wildman–Crippen MR) is 228 cm³/mol. The number of benzene rings is 6. The number of para-hydroxylation sites is 2. The van der Waals surface area contributed by atoms with Crippen LogP contribution < -0.4 is 21.7 Å². The third-order valence-electron chi connectivity index (χ3n) is 8.87. The van der Waals surface area contributed by atoms with Gasteiger partial charge in [0.15, 0.2) is 0 Å². The largest absolute Gasteiger partial charge is 0.383 e. The lowest BCUT2D eigenvalue weighted by atomic mass is 9.96. The molecule has 0 fully saturated rings. The minimum atomic E-state index is -3.89. The van der Waals surface area contributed by atoms with Crippen molar-refractivity contribution >= 4 is 54.5 Å². The number of nitrogens with zero attached hydrogens (tertiary/aromatic N) is 2. The van der Waals surface area contributed by atoms with E-state index in [1.54, 1.807) is 74.5 Å². The van der Waals surface area contributed by atoms with Crippen LogP contribution in [0.2, 0.25) is 0 Å². The number of hydrogen-bond donors (Lipinski definition) is 6. The summed E-state index contributed by atoms with van der Waals surface area (Å²) in [6.07, 6.45) is 0. The Balaban J connectivity index is 0.000000218. The quantitative estimate of drug-likeness (QED) is 0.0667. The minimum Gasteiger partial charge on any atom is -0.383 e. The summed E-state index contributed by atoms with van der Waals surface area (Å²) in [5.41, 5.74) is 19.4. The van der Waals surface area contributed by atoms with Crippen LogP contribution in [-0.2, 0) is 20.0 Å². The Kier molecular flexibility index (Phi) is 12.7. The molecule has 0 bridgehead atoms. The summed E-state index contributed by atoms with van der Waals surface area (Å²) in [5.74, 6) is 0.545. The first-order valence-electron chi connectivity index (χ1n) is 17.4. The lowest BCUT2D eigenvalue weighted by Crippen LogP contribution is -2.19. The summed E-state index contributed by atoms with van der Waals surface area (Å²) < 4.78 is 47.3. The molecule has 0 heterocycles. The third-order valence-corrected chi connectivity index (χ3v) is 11.0. The Morgan fingerprint density at radius 2 is 0.860 bits per heavy atom. The molecule has 0 amide bonds. The van der Waals surface area contributed by atoms with E-state index in [0.717, 1.165) is 11.3 Å². The molecule has 0 aliphatic rings. The number of rotatable bonds is 10. The fourth-order valence-corrected chi connectivity index (χ4v) is 7.48. The van der Waals surface area contributed by atoms with Crippen molar-refractivity contribution in [3.8, 4) is 0 Å². The maximum Gasteiger partial charge on any atom is 0.238 e. The number of primary sulfonamides is 2. The highest BCUT2D eigenvalue weighted by atomic mass is 32.2. The van der Waals surface area contributed by atoms with Gasteiger partial charge in [-0.05, 0) is 67.8 Å². The Hall–Kier alpha value is -6.58. The lowest BCUT2D eigenvalue weighted by Gasteiger charge is -2.13. The Morgan fingerprint density at radius 3 is 1.30 bits per heavy atom. The van der Waals surface area contributed by atoms with E-state index in [1.807, 2.05) is 73.7 Å². The number of sulfonamides is 2. The lowest BCUT2D eigenvalue weighted by molar-refractivity contribution is 0.595. The highest BCUT2D eigenvalue weighted by molar-refractivity contribution is 7.89. The minimum absolute atomic E-state index is 0.00113. The second-order valence-electron chi connectivity index (χ2n) is 13.0. The molecule has 6 rings (SSSR count). The van der Waals surface area contributed by atoms with E-state index in [1.165, 1.54) is 12.1 Å². The number of nitrogens with two attached hydrogens (primary N) is 4. The number of aryl methyl sites for hydroxylation is 3. The molecule has 290 valence electrons. The molecule has 14 heteroatoms. The van der Waals surface area contributed by atoms with Gasteiger partial charge >= 0.3 is 0 Å². The summed E-state index contributed by atoms with van der Waals surface area (Å²) in [6, 6.07) is 40.7. The fourth-order valence-electron chi connectivity index (χ4n) is 5.86. The molecule has 0 aliphatic carbocycles. The third kappa shape index (κ3) is 10.2. The summed E-state index contributed by atoms with van der Waals surface area (Å²) in [7, 11) is -7.77. The fraction of sp³-hybridized carbons (Fsp3) is 0.0698. The topological polar surface area (TPSA) is 245 Å². The van der Waals surface area contributed by atoms with Crippen LogP contribution in [0.25, 0.3) is 0 Å². The SMILES string of the molecule is Cc1ccc(C(=N)c2ccccc2C(N)=Nc2ccccc2)cc1S(N)(=O)=O.Cc1ccccc1N=C(N)c1ccccc1C(=N)c1ccc(C)c(S(N)(=O)=O)c1. The molecule has 0 unspecified atom stereocenters. The predicted octanol–water partition coefficient (Wildman–Crippen LogP) is 6.50. The number of amidine groups is 2. The van der Waals surface area contributed by atoms with Crippen molar-refractivity contribution in [3.05, 3.63) is 190 Å². The molecule has 0 aromatic heterocycles. The van der Waals surface area contributed by atoms with Gasteiger partial charge in [0.05, 0.1) is 32.6 Å². The second-order valence-corrected chi connectivity index (χ2v) is 16.1. The van der Waals surface area contributed by atoms with Crippen LogP contribution in [0.4, 0.5) is 11.4 Å². The van der Waals surface area contributed by atoms with Crippen molar-refractivity contribution in [1.29, 1.82) is 10.8 Å². The average Bonchev–Trinajstić information content (AvgIpc) is 3.18. The summed E-state index contributed by atoms with van der Waals surface area (Å²) in [6.45, 7) is 5.26. The van der Waals surface area contributed by atoms with E-state index in [0.29, 0.717) is 50.2 Å². The van der Waals surface area contributed by atoms with Crippen LogP contribution in [0.15, 0.2) is 159 Å². The van der Waals surface area contributed by atoms with Gasteiger partial charge in [0.1, 0.15) is 11.7 Å². The van der Waals surface area contributed by atoms with Gasteiger partial charge in [-0.3, -0.25) is 10.8 Å². The van der Waals surface area contributed by atoms with Gasteiger partial charge in [0.2, 0.25) is 20.0 Å². The standard InChI is InChI=1S/C22H22N4O2S.C21H20N4O2S/c1-14-7-3-6-10-19(14)26-22(24)18-9-5-4-8-17(18)21(23)16-12-11-15(2)20(13-16)29(25,27)28;1-14-11-12-15(13-19(14)28(24,26)27)20(22)17-9-5-6-10-18(17)21(23)25-16-7-3-2-4-8-16/h3-13,23H,1-2H3,(H2,24,26)(H2,25,27,28);2-13,22H,1H3,(H2,23,25)(H2,24,26,27). The first kappa shape index (κ1) is 41.6. The molecular weight excluding hydrogens is 757 g/mol. The van der Waals surface area contributed by atoms with Crippen LogP contribution in [-0.4, -0.2) is 39.9 Å². The van der Waals surface area contributed by atoms with Crippen LogP contribution in [0.1, 0.15) is 50.1 Å². The van der Waals surface area contributed by atoms with Gasteiger partial charge < -0.3 is 11.5 Å². The highest BCUT2D eigenvalue weighted by Gasteiger charge is 2.19. The van der Waals surface area contributed by atoms with Crippen molar-refractivity contribution in [1.82, 2.24) is 0 Å². The molecule has 0 saturated carbocycles. The Morgan fingerprint density at radius 1 is 0.474 bits per heavy atom. The smallest absolute Gasteiger partial charge is 0.238 e. The van der Waals surface area contributed by atoms with E-state index in [2.05, 4.69) is 9.98 Å². The van der Waals surface area contributed by atoms with Crippen molar-refractivity contribution in [3.63, 3.8) is 0 Å². The monoisotopic (exact) mass is 798 g/mol. The zero-order valence-electron chi connectivity index (χ0n) is 31.4.